The summed E-state index contributed by atoms with van der Waals surface area (Å²) in [7, 11) is 0. The van der Waals surface area contributed by atoms with Crippen LogP contribution in [0.25, 0.3) is 0 Å². The van der Waals surface area contributed by atoms with Gasteiger partial charge in [0.15, 0.2) is 0 Å². The molecule has 26 heavy (non-hydrogen) atoms. The van der Waals surface area contributed by atoms with E-state index in [2.05, 4.69) is 11.0 Å². The molecule has 0 aromatic heterocycles. The van der Waals surface area contributed by atoms with Crippen molar-refractivity contribution in [3.05, 3.63) is 63.2 Å². The molecule has 4 rings (SSSR count). The first-order chi connectivity index (χ1) is 12.5. The van der Waals surface area contributed by atoms with Gasteiger partial charge in [-0.2, -0.15) is 0 Å². The van der Waals surface area contributed by atoms with E-state index in [0.29, 0.717) is 19.7 Å². The molecule has 2 heterocycles. The SMILES string of the molecule is Cc1cc([N+](=O)[O-])ccc1N1CCc2c(cccc2N2CCOC2=O)C1. The highest BCUT2D eigenvalue weighted by atomic mass is 16.6. The van der Waals surface area contributed by atoms with Crippen LogP contribution in [0, 0.1) is 17.0 Å². The highest BCUT2D eigenvalue weighted by Gasteiger charge is 2.28. The molecule has 2 aliphatic rings. The minimum Gasteiger partial charge on any atom is -0.447 e. The second-order valence-electron chi connectivity index (χ2n) is 6.58. The Bertz CT molecular complexity index is 896. The first kappa shape index (κ1) is 16.4. The molecule has 0 unspecified atom stereocenters. The van der Waals surface area contributed by atoms with Crippen LogP contribution in [0.1, 0.15) is 16.7 Å². The van der Waals surface area contributed by atoms with E-state index in [-0.39, 0.29) is 16.7 Å². The number of aryl methyl sites for hydroxylation is 1. The van der Waals surface area contributed by atoms with Gasteiger partial charge in [-0.05, 0) is 42.2 Å². The number of benzene rings is 2. The van der Waals surface area contributed by atoms with Crippen molar-refractivity contribution < 1.29 is 14.5 Å². The fourth-order valence-electron chi connectivity index (χ4n) is 3.77. The molecule has 1 amide bonds. The fourth-order valence-corrected chi connectivity index (χ4v) is 3.77. The summed E-state index contributed by atoms with van der Waals surface area (Å²) in [6, 6.07) is 11.0. The van der Waals surface area contributed by atoms with Crippen molar-refractivity contribution in [2.75, 3.05) is 29.5 Å². The van der Waals surface area contributed by atoms with Crippen molar-refractivity contribution >= 4 is 23.2 Å². The molecule has 0 radical (unpaired) electrons. The number of hydrogen-bond acceptors (Lipinski definition) is 5. The number of rotatable bonds is 3. The number of ether oxygens (including phenoxy) is 1. The number of nitrogens with zero attached hydrogens (tertiary/aromatic N) is 3. The largest absolute Gasteiger partial charge is 0.447 e. The second kappa shape index (κ2) is 6.33. The van der Waals surface area contributed by atoms with Crippen LogP contribution in [-0.4, -0.2) is 30.7 Å². The molecule has 0 spiro atoms. The summed E-state index contributed by atoms with van der Waals surface area (Å²) in [6.45, 7) is 4.42. The van der Waals surface area contributed by atoms with Gasteiger partial charge in [-0.25, -0.2) is 4.79 Å². The Balaban J connectivity index is 1.63. The average Bonchev–Trinajstić information content (AvgIpc) is 3.06. The number of fused-ring (bicyclic) bond motifs is 1. The Kier molecular flexibility index (Phi) is 3.99. The summed E-state index contributed by atoms with van der Waals surface area (Å²) in [5.74, 6) is 0. The first-order valence-electron chi connectivity index (χ1n) is 8.59. The maximum atomic E-state index is 11.9. The van der Waals surface area contributed by atoms with Gasteiger partial charge in [0.1, 0.15) is 6.61 Å². The van der Waals surface area contributed by atoms with E-state index in [4.69, 9.17) is 4.74 Å². The lowest BCUT2D eigenvalue weighted by Gasteiger charge is -2.33. The molecular formula is C19H19N3O4. The molecule has 0 atom stereocenters. The van der Waals surface area contributed by atoms with Gasteiger partial charge in [0.2, 0.25) is 0 Å². The molecule has 1 fully saturated rings. The minimum atomic E-state index is -0.371. The summed E-state index contributed by atoms with van der Waals surface area (Å²) in [5.41, 5.74) is 5.30. The smallest absolute Gasteiger partial charge is 0.414 e. The summed E-state index contributed by atoms with van der Waals surface area (Å²) in [4.78, 5) is 26.4. The topological polar surface area (TPSA) is 75.9 Å². The van der Waals surface area contributed by atoms with E-state index >= 15 is 0 Å². The van der Waals surface area contributed by atoms with Crippen LogP contribution in [-0.2, 0) is 17.7 Å². The third-order valence-electron chi connectivity index (χ3n) is 5.02. The molecule has 0 saturated carbocycles. The summed E-state index contributed by atoms with van der Waals surface area (Å²) >= 11 is 0. The summed E-state index contributed by atoms with van der Waals surface area (Å²) in [5, 5.41) is 10.9. The third-order valence-corrected chi connectivity index (χ3v) is 5.02. The number of carbonyl (C=O) groups is 1. The molecule has 0 aliphatic carbocycles. The van der Waals surface area contributed by atoms with Gasteiger partial charge in [0.25, 0.3) is 5.69 Å². The molecule has 134 valence electrons. The number of carbonyl (C=O) groups excluding carboxylic acids is 1. The molecule has 0 N–H and O–H groups in total. The second-order valence-corrected chi connectivity index (χ2v) is 6.58. The lowest BCUT2D eigenvalue weighted by Crippen LogP contribution is -2.33. The monoisotopic (exact) mass is 353 g/mol. The first-order valence-corrected chi connectivity index (χ1v) is 8.59. The summed E-state index contributed by atoms with van der Waals surface area (Å²) < 4.78 is 5.07. The molecule has 7 heteroatoms. The Hall–Kier alpha value is -3.09. The normalized spacial score (nSPS) is 16.4. The number of cyclic esters (lactones) is 1. The number of non-ortho nitro benzene ring substituents is 1. The zero-order valence-corrected chi connectivity index (χ0v) is 14.5. The zero-order chi connectivity index (χ0) is 18.3. The van der Waals surface area contributed by atoms with Gasteiger partial charge in [0.05, 0.1) is 17.2 Å². The third kappa shape index (κ3) is 2.75. The van der Waals surface area contributed by atoms with Crippen LogP contribution in [0.5, 0.6) is 0 Å². The van der Waals surface area contributed by atoms with Crippen molar-refractivity contribution in [2.24, 2.45) is 0 Å². The molecular weight excluding hydrogens is 334 g/mol. The lowest BCUT2D eigenvalue weighted by atomic mass is 9.96. The molecule has 2 aromatic rings. The van der Waals surface area contributed by atoms with Crippen LogP contribution < -0.4 is 9.80 Å². The van der Waals surface area contributed by atoms with Crippen LogP contribution in [0.3, 0.4) is 0 Å². The van der Waals surface area contributed by atoms with Crippen LogP contribution >= 0.6 is 0 Å². The molecule has 1 saturated heterocycles. The lowest BCUT2D eigenvalue weighted by molar-refractivity contribution is -0.384. The van der Waals surface area contributed by atoms with Gasteiger partial charge >= 0.3 is 6.09 Å². The predicted molar refractivity (Wildman–Crippen MR) is 97.7 cm³/mol. The minimum absolute atomic E-state index is 0.110. The van der Waals surface area contributed by atoms with Gasteiger partial charge in [-0.15, -0.1) is 0 Å². The maximum absolute atomic E-state index is 11.9. The standard InChI is InChI=1S/C19H19N3O4/c1-13-11-15(22(24)25)5-6-17(13)20-8-7-16-14(12-20)3-2-4-18(16)21-9-10-26-19(21)23/h2-6,11H,7-10,12H2,1H3. The fraction of sp³-hybridized carbons (Fsp3) is 0.316. The maximum Gasteiger partial charge on any atom is 0.414 e. The van der Waals surface area contributed by atoms with Crippen LogP contribution in [0.15, 0.2) is 36.4 Å². The molecule has 0 bridgehead atoms. The van der Waals surface area contributed by atoms with Crippen molar-refractivity contribution in [3.8, 4) is 0 Å². The highest BCUT2D eigenvalue weighted by Crippen LogP contribution is 2.34. The van der Waals surface area contributed by atoms with Crippen molar-refractivity contribution in [1.29, 1.82) is 0 Å². The van der Waals surface area contributed by atoms with Crippen molar-refractivity contribution in [3.63, 3.8) is 0 Å². The average molecular weight is 353 g/mol. The quantitative estimate of drug-likeness (QED) is 0.624. The van der Waals surface area contributed by atoms with E-state index < -0.39 is 0 Å². The number of amides is 1. The molecule has 2 aliphatic heterocycles. The van der Waals surface area contributed by atoms with Crippen LogP contribution in [0.2, 0.25) is 0 Å². The van der Waals surface area contributed by atoms with Crippen LogP contribution in [0.4, 0.5) is 21.9 Å². The summed E-state index contributed by atoms with van der Waals surface area (Å²) in [6.07, 6.45) is 0.526. The number of hydrogen-bond donors (Lipinski definition) is 0. The zero-order valence-electron chi connectivity index (χ0n) is 14.5. The van der Waals surface area contributed by atoms with E-state index in [1.54, 1.807) is 17.0 Å². The molecule has 7 nitrogen and oxygen atoms in total. The van der Waals surface area contributed by atoms with Gasteiger partial charge in [-0.1, -0.05) is 12.1 Å². The number of nitro benzene ring substituents is 1. The Morgan fingerprint density at radius 3 is 2.69 bits per heavy atom. The van der Waals surface area contributed by atoms with Gasteiger partial charge in [-0.3, -0.25) is 15.0 Å². The Morgan fingerprint density at radius 2 is 2.00 bits per heavy atom. The Morgan fingerprint density at radius 1 is 1.15 bits per heavy atom. The van der Waals surface area contributed by atoms with E-state index in [1.807, 2.05) is 25.1 Å². The number of anilines is 2. The predicted octanol–water partition coefficient (Wildman–Crippen LogP) is 3.42. The Labute approximate surface area is 150 Å². The van der Waals surface area contributed by atoms with Gasteiger partial charge < -0.3 is 9.64 Å². The van der Waals surface area contributed by atoms with Crippen molar-refractivity contribution in [2.45, 2.75) is 19.9 Å². The van der Waals surface area contributed by atoms with E-state index in [1.165, 1.54) is 11.1 Å². The molecule has 2 aromatic carbocycles. The van der Waals surface area contributed by atoms with Gasteiger partial charge in [0, 0.05) is 30.9 Å². The van der Waals surface area contributed by atoms with E-state index in [0.717, 1.165) is 29.9 Å². The highest BCUT2D eigenvalue weighted by molar-refractivity contribution is 5.90. The van der Waals surface area contributed by atoms with Crippen molar-refractivity contribution in [1.82, 2.24) is 0 Å². The number of nitro groups is 1. The van der Waals surface area contributed by atoms with E-state index in [9.17, 15) is 14.9 Å².